The summed E-state index contributed by atoms with van der Waals surface area (Å²) < 4.78 is 6.64. The number of methoxy groups -OCH3 is 1. The van der Waals surface area contributed by atoms with Crippen LogP contribution in [0.25, 0.3) is 0 Å². The number of hydrogen-bond donors (Lipinski definition) is 1. The van der Waals surface area contributed by atoms with Crippen LogP contribution in [0.2, 0.25) is 0 Å². The largest absolute Gasteiger partial charge is 0.497 e. The molecular formula is C22H25N3O2. The van der Waals surface area contributed by atoms with E-state index in [0.29, 0.717) is 6.42 Å². The van der Waals surface area contributed by atoms with Crippen molar-refractivity contribution in [3.05, 3.63) is 87.3 Å². The Morgan fingerprint density at radius 1 is 0.926 bits per heavy atom. The minimum absolute atomic E-state index is 0.121. The number of nitrogens with two attached hydrogens (primary N) is 1. The van der Waals surface area contributed by atoms with E-state index in [1.54, 1.807) is 20.2 Å². The molecule has 2 aromatic carbocycles. The van der Waals surface area contributed by atoms with Crippen LogP contribution in [0.4, 0.5) is 5.95 Å². The van der Waals surface area contributed by atoms with E-state index in [1.165, 1.54) is 21.3 Å². The smallest absolute Gasteiger partial charge is 0.254 e. The van der Waals surface area contributed by atoms with Gasteiger partial charge in [-0.05, 0) is 54.5 Å². The molecule has 1 aromatic heterocycles. The van der Waals surface area contributed by atoms with Crippen molar-refractivity contribution in [2.45, 2.75) is 25.7 Å². The summed E-state index contributed by atoms with van der Waals surface area (Å²) in [7, 11) is 3.31. The van der Waals surface area contributed by atoms with Gasteiger partial charge in [-0.15, -0.1) is 0 Å². The van der Waals surface area contributed by atoms with E-state index in [9.17, 15) is 4.79 Å². The van der Waals surface area contributed by atoms with Crippen LogP contribution in [-0.4, -0.2) is 16.7 Å². The lowest BCUT2D eigenvalue weighted by atomic mass is 10.0. The first kappa shape index (κ1) is 18.7. The molecule has 0 unspecified atom stereocenters. The van der Waals surface area contributed by atoms with Crippen LogP contribution in [0.15, 0.2) is 59.4 Å². The van der Waals surface area contributed by atoms with Crippen molar-refractivity contribution in [1.82, 2.24) is 9.55 Å². The highest BCUT2D eigenvalue weighted by Gasteiger charge is 2.04. The van der Waals surface area contributed by atoms with E-state index < -0.39 is 0 Å². The second-order valence-corrected chi connectivity index (χ2v) is 6.67. The van der Waals surface area contributed by atoms with Gasteiger partial charge in [0, 0.05) is 13.1 Å². The molecule has 0 bridgehead atoms. The second kappa shape index (κ2) is 8.54. The maximum absolute atomic E-state index is 11.8. The number of nitrogen functional groups attached to an aromatic ring is 1. The zero-order valence-corrected chi connectivity index (χ0v) is 15.8. The highest BCUT2D eigenvalue weighted by Crippen LogP contribution is 2.16. The van der Waals surface area contributed by atoms with Crippen molar-refractivity contribution in [3.63, 3.8) is 0 Å². The lowest BCUT2D eigenvalue weighted by Gasteiger charge is -2.08. The predicted molar refractivity (Wildman–Crippen MR) is 108 cm³/mol. The molecule has 0 aliphatic heterocycles. The molecular weight excluding hydrogens is 338 g/mol. The molecule has 0 spiro atoms. The van der Waals surface area contributed by atoms with E-state index in [4.69, 9.17) is 10.5 Å². The lowest BCUT2D eigenvalue weighted by molar-refractivity contribution is 0.414. The Labute approximate surface area is 159 Å². The van der Waals surface area contributed by atoms with Gasteiger partial charge in [0.15, 0.2) is 0 Å². The van der Waals surface area contributed by atoms with Crippen molar-refractivity contribution < 1.29 is 4.74 Å². The van der Waals surface area contributed by atoms with Gasteiger partial charge in [0.25, 0.3) is 5.56 Å². The third-order valence-electron chi connectivity index (χ3n) is 4.72. The molecule has 5 nitrogen and oxygen atoms in total. The van der Waals surface area contributed by atoms with Crippen LogP contribution >= 0.6 is 0 Å². The first-order valence-corrected chi connectivity index (χ1v) is 9.08. The van der Waals surface area contributed by atoms with Gasteiger partial charge in [0.1, 0.15) is 5.75 Å². The van der Waals surface area contributed by atoms with Gasteiger partial charge in [0.2, 0.25) is 5.95 Å². The van der Waals surface area contributed by atoms with Gasteiger partial charge < -0.3 is 10.5 Å². The van der Waals surface area contributed by atoms with Gasteiger partial charge in [0.05, 0.1) is 12.8 Å². The van der Waals surface area contributed by atoms with Gasteiger partial charge >= 0.3 is 0 Å². The van der Waals surface area contributed by atoms with Crippen LogP contribution in [-0.2, 0) is 32.7 Å². The Balaban J connectivity index is 1.62. The Morgan fingerprint density at radius 3 is 2.15 bits per heavy atom. The topological polar surface area (TPSA) is 70.1 Å². The number of hydrogen-bond acceptors (Lipinski definition) is 4. The number of nitrogens with zero attached hydrogens (tertiary/aromatic N) is 2. The van der Waals surface area contributed by atoms with E-state index in [2.05, 4.69) is 41.4 Å². The minimum Gasteiger partial charge on any atom is -0.497 e. The van der Waals surface area contributed by atoms with Crippen molar-refractivity contribution in [2.24, 2.45) is 7.05 Å². The monoisotopic (exact) mass is 363 g/mol. The van der Waals surface area contributed by atoms with E-state index in [1.807, 2.05) is 12.1 Å². The highest BCUT2D eigenvalue weighted by atomic mass is 16.5. The summed E-state index contributed by atoms with van der Waals surface area (Å²) in [6, 6.07) is 18.3. The summed E-state index contributed by atoms with van der Waals surface area (Å²) in [6.07, 6.45) is 3.46. The fourth-order valence-corrected chi connectivity index (χ4v) is 3.06. The molecule has 140 valence electrons. The molecule has 0 aliphatic rings. The molecule has 0 radical (unpaired) electrons. The molecule has 0 amide bonds. The van der Waals surface area contributed by atoms with E-state index >= 15 is 0 Å². The molecule has 5 heteroatoms. The van der Waals surface area contributed by atoms with Gasteiger partial charge in [-0.1, -0.05) is 36.4 Å². The third-order valence-corrected chi connectivity index (χ3v) is 4.72. The van der Waals surface area contributed by atoms with E-state index in [0.717, 1.165) is 30.7 Å². The molecule has 27 heavy (non-hydrogen) atoms. The first-order valence-electron chi connectivity index (χ1n) is 9.08. The van der Waals surface area contributed by atoms with Crippen LogP contribution in [0.1, 0.15) is 22.4 Å². The summed E-state index contributed by atoms with van der Waals surface area (Å²) in [5, 5.41) is 0. The number of benzene rings is 2. The molecule has 2 N–H and O–H groups in total. The molecule has 1 heterocycles. The second-order valence-electron chi connectivity index (χ2n) is 6.67. The van der Waals surface area contributed by atoms with Crippen LogP contribution < -0.4 is 16.0 Å². The molecule has 3 rings (SSSR count). The zero-order chi connectivity index (χ0) is 19.2. The summed E-state index contributed by atoms with van der Waals surface area (Å²) in [6.45, 7) is 0. The van der Waals surface area contributed by atoms with Gasteiger partial charge in [-0.3, -0.25) is 9.36 Å². The Morgan fingerprint density at radius 2 is 1.52 bits per heavy atom. The molecule has 0 aliphatic carbocycles. The number of ether oxygens (including phenoxy) is 1. The highest BCUT2D eigenvalue weighted by molar-refractivity contribution is 5.30. The minimum atomic E-state index is -0.121. The maximum atomic E-state index is 11.8. The van der Waals surface area contributed by atoms with Crippen molar-refractivity contribution in [1.29, 1.82) is 0 Å². The zero-order valence-electron chi connectivity index (χ0n) is 15.8. The Bertz CT molecular complexity index is 979. The first-order chi connectivity index (χ1) is 13.0. The maximum Gasteiger partial charge on any atom is 0.254 e. The summed E-state index contributed by atoms with van der Waals surface area (Å²) >= 11 is 0. The fourth-order valence-electron chi connectivity index (χ4n) is 3.06. The average molecular weight is 363 g/mol. The predicted octanol–water partition coefficient (Wildman–Crippen LogP) is 2.94. The van der Waals surface area contributed by atoms with E-state index in [-0.39, 0.29) is 11.5 Å². The fraction of sp³-hybridized carbons (Fsp3) is 0.273. The number of aromatic nitrogens is 2. The van der Waals surface area contributed by atoms with Gasteiger partial charge in [-0.2, -0.15) is 0 Å². The molecule has 0 saturated carbocycles. The SMILES string of the molecule is COc1cccc(CCc2cccc(CCc3cc(=O)n(C)c(N)n3)c2)c1. The number of aryl methyl sites for hydroxylation is 4. The quantitative estimate of drug-likeness (QED) is 0.701. The van der Waals surface area contributed by atoms with Crippen molar-refractivity contribution in [3.8, 4) is 5.75 Å². The Hall–Kier alpha value is -3.08. The molecule has 0 atom stereocenters. The molecule has 0 fully saturated rings. The normalized spacial score (nSPS) is 10.7. The third kappa shape index (κ3) is 4.97. The van der Waals surface area contributed by atoms with Crippen LogP contribution in [0.3, 0.4) is 0 Å². The lowest BCUT2D eigenvalue weighted by Crippen LogP contribution is -2.21. The van der Waals surface area contributed by atoms with Gasteiger partial charge in [-0.25, -0.2) is 4.98 Å². The number of anilines is 1. The molecule has 0 saturated heterocycles. The van der Waals surface area contributed by atoms with Crippen molar-refractivity contribution in [2.75, 3.05) is 12.8 Å². The summed E-state index contributed by atoms with van der Waals surface area (Å²) in [5.74, 6) is 1.14. The number of rotatable bonds is 7. The molecule has 3 aromatic rings. The summed E-state index contributed by atoms with van der Waals surface area (Å²) in [5.41, 5.74) is 10.2. The van der Waals surface area contributed by atoms with Crippen LogP contribution in [0, 0.1) is 0 Å². The average Bonchev–Trinajstić information content (AvgIpc) is 2.69. The van der Waals surface area contributed by atoms with Crippen LogP contribution in [0.5, 0.6) is 5.75 Å². The van der Waals surface area contributed by atoms with Crippen molar-refractivity contribution >= 4 is 5.95 Å². The standard InChI is InChI=1S/C22H25N3O2/c1-25-21(26)15-19(24-22(25)23)12-11-17-6-3-5-16(13-17)9-10-18-7-4-8-20(14-18)27-2/h3-8,13-15H,9-12H2,1-2H3,(H2,23,24). The Kier molecular flexibility index (Phi) is 5.91. The summed E-state index contributed by atoms with van der Waals surface area (Å²) in [4.78, 5) is 16.1.